The standard InChI is InChI=1S/C23H22N4O3S/c1-3-15-7-9-16(10-8-15)25-21(28)14-30-23(29)17-12-19(20-6-5-11-31-20)26-22-18(17)13-24-27(22)4-2/h5-13H,3-4,14H2,1-2H3,(H,25,28). The van der Waals surface area contributed by atoms with Gasteiger partial charge in [-0.05, 0) is 48.6 Å². The van der Waals surface area contributed by atoms with Crippen LogP contribution in [0.15, 0.2) is 54.0 Å². The summed E-state index contributed by atoms with van der Waals surface area (Å²) >= 11 is 1.53. The van der Waals surface area contributed by atoms with E-state index in [2.05, 4.69) is 22.3 Å². The second kappa shape index (κ2) is 9.09. The number of hydrogen-bond acceptors (Lipinski definition) is 6. The molecule has 4 aromatic rings. The molecule has 0 aliphatic heterocycles. The molecule has 0 atom stereocenters. The van der Waals surface area contributed by atoms with Gasteiger partial charge in [0.15, 0.2) is 12.3 Å². The lowest BCUT2D eigenvalue weighted by molar-refractivity contribution is -0.119. The Kier molecular flexibility index (Phi) is 6.08. The Morgan fingerprint density at radius 3 is 2.65 bits per heavy atom. The third-order valence-corrected chi connectivity index (χ3v) is 5.77. The summed E-state index contributed by atoms with van der Waals surface area (Å²) in [5.41, 5.74) is 3.47. The quantitative estimate of drug-likeness (QED) is 0.432. The van der Waals surface area contributed by atoms with Gasteiger partial charge in [-0.3, -0.25) is 4.79 Å². The second-order valence-corrected chi connectivity index (χ2v) is 7.85. The molecule has 7 nitrogen and oxygen atoms in total. The van der Waals surface area contributed by atoms with E-state index in [4.69, 9.17) is 4.74 Å². The molecule has 158 valence electrons. The Bertz CT molecular complexity index is 1210. The highest BCUT2D eigenvalue weighted by Crippen LogP contribution is 2.28. The van der Waals surface area contributed by atoms with Crippen LogP contribution in [0.2, 0.25) is 0 Å². The van der Waals surface area contributed by atoms with E-state index in [0.29, 0.717) is 34.5 Å². The minimum absolute atomic E-state index is 0.341. The number of nitrogens with one attached hydrogen (secondary N) is 1. The predicted octanol–water partition coefficient (Wildman–Crippen LogP) is 4.54. The normalized spacial score (nSPS) is 10.9. The van der Waals surface area contributed by atoms with E-state index in [1.165, 1.54) is 16.9 Å². The number of rotatable bonds is 7. The van der Waals surface area contributed by atoms with Gasteiger partial charge in [0.2, 0.25) is 0 Å². The van der Waals surface area contributed by atoms with Crippen molar-refractivity contribution in [3.05, 3.63) is 65.2 Å². The topological polar surface area (TPSA) is 86.1 Å². The van der Waals surface area contributed by atoms with Crippen LogP contribution in [-0.4, -0.2) is 33.2 Å². The van der Waals surface area contributed by atoms with E-state index >= 15 is 0 Å². The number of thiophene rings is 1. The molecule has 0 spiro atoms. The van der Waals surface area contributed by atoms with Crippen molar-refractivity contribution in [2.45, 2.75) is 26.8 Å². The third-order valence-electron chi connectivity index (χ3n) is 4.88. The molecule has 1 aromatic carbocycles. The average molecular weight is 435 g/mol. The Hall–Kier alpha value is -3.52. The number of carbonyl (C=O) groups excluding carboxylic acids is 2. The molecule has 1 amide bonds. The summed E-state index contributed by atoms with van der Waals surface area (Å²) in [6.45, 7) is 4.27. The summed E-state index contributed by atoms with van der Waals surface area (Å²) in [4.78, 5) is 30.7. The first-order chi connectivity index (χ1) is 15.1. The summed E-state index contributed by atoms with van der Waals surface area (Å²) < 4.78 is 7.05. The molecule has 3 aromatic heterocycles. The van der Waals surface area contributed by atoms with Crippen LogP contribution in [0.1, 0.15) is 29.8 Å². The van der Waals surface area contributed by atoms with Crippen molar-refractivity contribution in [2.24, 2.45) is 0 Å². The number of benzene rings is 1. The molecule has 3 heterocycles. The maximum absolute atomic E-state index is 12.9. The van der Waals surface area contributed by atoms with Crippen LogP contribution in [0.3, 0.4) is 0 Å². The number of ether oxygens (including phenoxy) is 1. The van der Waals surface area contributed by atoms with Crippen LogP contribution in [0, 0.1) is 0 Å². The van der Waals surface area contributed by atoms with Gasteiger partial charge in [0.05, 0.1) is 27.7 Å². The van der Waals surface area contributed by atoms with Gasteiger partial charge in [-0.2, -0.15) is 5.10 Å². The number of aromatic nitrogens is 3. The van der Waals surface area contributed by atoms with Crippen molar-refractivity contribution in [3.63, 3.8) is 0 Å². The van der Waals surface area contributed by atoms with E-state index in [1.807, 2.05) is 48.7 Å². The number of anilines is 1. The van der Waals surface area contributed by atoms with Crippen LogP contribution in [0.25, 0.3) is 21.6 Å². The molecule has 0 radical (unpaired) electrons. The zero-order valence-electron chi connectivity index (χ0n) is 17.3. The maximum Gasteiger partial charge on any atom is 0.339 e. The highest BCUT2D eigenvalue weighted by atomic mass is 32.1. The molecule has 1 N–H and O–H groups in total. The van der Waals surface area contributed by atoms with Crippen molar-refractivity contribution < 1.29 is 14.3 Å². The molecule has 0 saturated carbocycles. The van der Waals surface area contributed by atoms with Gasteiger partial charge in [-0.25, -0.2) is 14.5 Å². The van der Waals surface area contributed by atoms with E-state index in [0.717, 1.165) is 11.3 Å². The van der Waals surface area contributed by atoms with Gasteiger partial charge in [-0.1, -0.05) is 25.1 Å². The molecule has 4 rings (SSSR count). The monoisotopic (exact) mass is 434 g/mol. The Labute approximate surface area is 183 Å². The largest absolute Gasteiger partial charge is 0.452 e. The third kappa shape index (κ3) is 4.49. The van der Waals surface area contributed by atoms with Crippen LogP contribution in [0.5, 0.6) is 0 Å². The lowest BCUT2D eigenvalue weighted by Crippen LogP contribution is -2.21. The van der Waals surface area contributed by atoms with Gasteiger partial charge in [0.1, 0.15) is 0 Å². The molecule has 8 heteroatoms. The SMILES string of the molecule is CCc1ccc(NC(=O)COC(=O)c2cc(-c3cccs3)nc3c2cnn3CC)cc1. The number of fused-ring (bicyclic) bond motifs is 1. The predicted molar refractivity (Wildman–Crippen MR) is 121 cm³/mol. The number of esters is 1. The van der Waals surface area contributed by atoms with Crippen molar-refractivity contribution in [2.75, 3.05) is 11.9 Å². The lowest BCUT2D eigenvalue weighted by atomic mass is 10.1. The van der Waals surface area contributed by atoms with Gasteiger partial charge in [0.25, 0.3) is 5.91 Å². The van der Waals surface area contributed by atoms with E-state index in [9.17, 15) is 9.59 Å². The molecule has 0 fully saturated rings. The van der Waals surface area contributed by atoms with Gasteiger partial charge < -0.3 is 10.1 Å². The molecule has 0 unspecified atom stereocenters. The molecule has 31 heavy (non-hydrogen) atoms. The van der Waals surface area contributed by atoms with Crippen LogP contribution in [-0.2, 0) is 22.5 Å². The highest BCUT2D eigenvalue weighted by molar-refractivity contribution is 7.13. The fourth-order valence-electron chi connectivity index (χ4n) is 3.23. The van der Waals surface area contributed by atoms with Crippen molar-refractivity contribution in [3.8, 4) is 10.6 Å². The highest BCUT2D eigenvalue weighted by Gasteiger charge is 2.19. The fourth-order valence-corrected chi connectivity index (χ4v) is 3.91. The van der Waals surface area contributed by atoms with E-state index in [1.54, 1.807) is 16.9 Å². The molecule has 0 bridgehead atoms. The van der Waals surface area contributed by atoms with Gasteiger partial charge in [0, 0.05) is 12.2 Å². The molecular formula is C23H22N4O3S. The summed E-state index contributed by atoms with van der Waals surface area (Å²) in [5, 5.41) is 9.61. The zero-order chi connectivity index (χ0) is 21.8. The Morgan fingerprint density at radius 2 is 1.97 bits per heavy atom. The zero-order valence-corrected chi connectivity index (χ0v) is 18.1. The number of pyridine rings is 1. The molecule has 0 aliphatic rings. The molecular weight excluding hydrogens is 412 g/mol. The average Bonchev–Trinajstić information content (AvgIpc) is 3.47. The molecule has 0 saturated heterocycles. The van der Waals surface area contributed by atoms with E-state index in [-0.39, 0.29) is 6.61 Å². The van der Waals surface area contributed by atoms with Crippen LogP contribution < -0.4 is 5.32 Å². The maximum atomic E-state index is 12.9. The van der Waals surface area contributed by atoms with Gasteiger partial charge >= 0.3 is 5.97 Å². The molecule has 0 aliphatic carbocycles. The van der Waals surface area contributed by atoms with Crippen molar-refractivity contribution >= 4 is 39.9 Å². The number of amides is 1. The smallest absolute Gasteiger partial charge is 0.339 e. The summed E-state index contributed by atoms with van der Waals surface area (Å²) in [7, 11) is 0. The number of aryl methyl sites for hydroxylation is 2. The first kappa shape index (κ1) is 20.7. The van der Waals surface area contributed by atoms with Crippen molar-refractivity contribution in [1.82, 2.24) is 14.8 Å². The van der Waals surface area contributed by atoms with Crippen LogP contribution in [0.4, 0.5) is 5.69 Å². The Morgan fingerprint density at radius 1 is 1.16 bits per heavy atom. The second-order valence-electron chi connectivity index (χ2n) is 6.90. The minimum Gasteiger partial charge on any atom is -0.452 e. The number of nitrogens with zero attached hydrogens (tertiary/aromatic N) is 3. The summed E-state index contributed by atoms with van der Waals surface area (Å²) in [6.07, 6.45) is 2.53. The minimum atomic E-state index is -0.586. The first-order valence-electron chi connectivity index (χ1n) is 10.1. The lowest BCUT2D eigenvalue weighted by Gasteiger charge is -2.09. The fraction of sp³-hybridized carbons (Fsp3) is 0.217. The first-order valence-corrected chi connectivity index (χ1v) is 10.9. The Balaban J connectivity index is 1.52. The summed E-state index contributed by atoms with van der Waals surface area (Å²) in [5.74, 6) is -0.983. The summed E-state index contributed by atoms with van der Waals surface area (Å²) in [6, 6.07) is 13.1. The van der Waals surface area contributed by atoms with Gasteiger partial charge in [-0.15, -0.1) is 11.3 Å². The number of hydrogen-bond donors (Lipinski definition) is 1. The van der Waals surface area contributed by atoms with Crippen molar-refractivity contribution in [1.29, 1.82) is 0 Å². The number of carbonyl (C=O) groups is 2. The van der Waals surface area contributed by atoms with Crippen LogP contribution >= 0.6 is 11.3 Å². The van der Waals surface area contributed by atoms with E-state index < -0.39 is 11.9 Å².